The molecule has 0 unspecified atom stereocenters. The molecule has 2 rings (SSSR count). The van der Waals surface area contributed by atoms with Crippen molar-refractivity contribution in [3.8, 4) is 0 Å². The quantitative estimate of drug-likeness (QED) is 0.820. The average molecular weight is 263 g/mol. The van der Waals surface area contributed by atoms with Gasteiger partial charge < -0.3 is 11.1 Å². The fraction of sp³-hybridized carbons (Fsp3) is 0.571. The molecule has 1 fully saturated rings. The van der Waals surface area contributed by atoms with Crippen molar-refractivity contribution in [2.45, 2.75) is 45.1 Å². The molecule has 1 aliphatic rings. The number of aromatic nitrogens is 1. The van der Waals surface area contributed by atoms with Crippen LogP contribution in [0, 0.1) is 5.92 Å². The Hall–Kier alpha value is -1.16. The van der Waals surface area contributed by atoms with Gasteiger partial charge in [-0.2, -0.15) is 0 Å². The van der Waals surface area contributed by atoms with Crippen LogP contribution in [0.5, 0.6) is 0 Å². The Bertz CT molecular complexity index is 394. The lowest BCUT2D eigenvalue weighted by Crippen LogP contribution is -2.26. The van der Waals surface area contributed by atoms with E-state index in [1.54, 1.807) is 0 Å². The smallest absolute Gasteiger partial charge is 0.122 e. The first-order chi connectivity index (χ1) is 8.69. The molecule has 0 atom stereocenters. The van der Waals surface area contributed by atoms with Gasteiger partial charge in [-0.1, -0.05) is 25.6 Å². The summed E-state index contributed by atoms with van der Waals surface area (Å²) in [6.07, 6.45) is 8.33. The molecule has 0 aliphatic heterocycles. The van der Waals surface area contributed by atoms with Crippen LogP contribution in [0.25, 0.3) is 0 Å². The van der Waals surface area contributed by atoms with Crippen molar-refractivity contribution < 1.29 is 0 Å². The number of pyridine rings is 1. The van der Waals surface area contributed by atoms with Crippen molar-refractivity contribution in [2.75, 3.05) is 5.32 Å². The summed E-state index contributed by atoms with van der Waals surface area (Å²) in [6.45, 7) is 2.29. The van der Waals surface area contributed by atoms with Crippen LogP contribution in [0.1, 0.15) is 44.7 Å². The van der Waals surface area contributed by atoms with Gasteiger partial charge in [-0.05, 0) is 43.7 Å². The minimum Gasteiger partial charge on any atom is -0.388 e. The van der Waals surface area contributed by atoms with Gasteiger partial charge in [0.25, 0.3) is 0 Å². The van der Waals surface area contributed by atoms with E-state index < -0.39 is 0 Å². The molecular weight excluding hydrogens is 242 g/mol. The maximum Gasteiger partial charge on any atom is 0.122 e. The van der Waals surface area contributed by atoms with Crippen molar-refractivity contribution in [3.63, 3.8) is 0 Å². The van der Waals surface area contributed by atoms with Gasteiger partial charge in [0, 0.05) is 6.04 Å². The summed E-state index contributed by atoms with van der Waals surface area (Å²) in [7, 11) is 0. The molecule has 18 heavy (non-hydrogen) atoms. The molecule has 0 bridgehead atoms. The van der Waals surface area contributed by atoms with Gasteiger partial charge >= 0.3 is 0 Å². The Labute approximate surface area is 114 Å². The largest absolute Gasteiger partial charge is 0.388 e. The maximum atomic E-state index is 5.53. The third-order valence-corrected chi connectivity index (χ3v) is 4.02. The molecule has 3 nitrogen and oxygen atoms in total. The topological polar surface area (TPSA) is 50.9 Å². The Balaban J connectivity index is 1.88. The van der Waals surface area contributed by atoms with Crippen LogP contribution >= 0.6 is 12.2 Å². The van der Waals surface area contributed by atoms with E-state index in [0.717, 1.165) is 11.6 Å². The monoisotopic (exact) mass is 263 g/mol. The Morgan fingerprint density at radius 1 is 1.39 bits per heavy atom. The lowest BCUT2D eigenvalue weighted by Gasteiger charge is -2.29. The van der Waals surface area contributed by atoms with Crippen molar-refractivity contribution in [2.24, 2.45) is 11.7 Å². The molecule has 1 aliphatic carbocycles. The van der Waals surface area contributed by atoms with Crippen LogP contribution in [0.15, 0.2) is 18.3 Å². The van der Waals surface area contributed by atoms with Gasteiger partial charge in [-0.15, -0.1) is 0 Å². The van der Waals surface area contributed by atoms with Gasteiger partial charge in [-0.3, -0.25) is 4.98 Å². The van der Waals surface area contributed by atoms with Crippen LogP contribution < -0.4 is 11.1 Å². The Morgan fingerprint density at radius 2 is 2.11 bits per heavy atom. The first-order valence-corrected chi connectivity index (χ1v) is 7.12. The SMILES string of the molecule is CCC1CCC(Nc2ccc(C(N)=S)nc2)CC1. The van der Waals surface area contributed by atoms with E-state index in [2.05, 4.69) is 17.2 Å². The third-order valence-electron chi connectivity index (χ3n) is 3.81. The molecule has 0 aromatic carbocycles. The van der Waals surface area contributed by atoms with E-state index >= 15 is 0 Å². The standard InChI is InChI=1S/C14H21N3S/c1-2-10-3-5-11(6-4-10)17-12-7-8-13(14(15)18)16-9-12/h7-11,17H,2-6H2,1H3,(H2,15,18). The summed E-state index contributed by atoms with van der Waals surface area (Å²) in [5.41, 5.74) is 7.28. The van der Waals surface area contributed by atoms with Crippen LogP contribution in [-0.2, 0) is 0 Å². The fourth-order valence-corrected chi connectivity index (χ4v) is 2.70. The molecule has 0 saturated heterocycles. The molecule has 1 aromatic heterocycles. The second-order valence-electron chi connectivity index (χ2n) is 5.07. The first-order valence-electron chi connectivity index (χ1n) is 6.71. The molecule has 0 amide bonds. The van der Waals surface area contributed by atoms with Crippen LogP contribution in [0.4, 0.5) is 5.69 Å². The zero-order valence-electron chi connectivity index (χ0n) is 10.9. The van der Waals surface area contributed by atoms with Gasteiger partial charge in [0.15, 0.2) is 0 Å². The Morgan fingerprint density at radius 3 is 2.61 bits per heavy atom. The zero-order valence-corrected chi connectivity index (χ0v) is 11.7. The maximum absolute atomic E-state index is 5.53. The van der Waals surface area contributed by atoms with Crippen LogP contribution in [0.3, 0.4) is 0 Å². The van der Waals surface area contributed by atoms with Crippen molar-refractivity contribution >= 4 is 22.9 Å². The number of rotatable bonds is 4. The van der Waals surface area contributed by atoms with E-state index in [-0.39, 0.29) is 0 Å². The van der Waals surface area contributed by atoms with E-state index in [4.69, 9.17) is 18.0 Å². The average Bonchev–Trinajstić information content (AvgIpc) is 2.40. The third kappa shape index (κ3) is 3.42. The van der Waals surface area contributed by atoms with E-state index in [9.17, 15) is 0 Å². The first kappa shape index (κ1) is 13.3. The molecule has 1 aromatic rings. The van der Waals surface area contributed by atoms with E-state index in [1.807, 2.05) is 18.3 Å². The molecule has 1 heterocycles. The van der Waals surface area contributed by atoms with E-state index in [1.165, 1.54) is 32.1 Å². The highest BCUT2D eigenvalue weighted by Gasteiger charge is 2.19. The van der Waals surface area contributed by atoms with Gasteiger partial charge in [0.05, 0.1) is 17.6 Å². The molecular formula is C14H21N3S. The number of nitrogens with one attached hydrogen (secondary N) is 1. The van der Waals surface area contributed by atoms with Crippen molar-refractivity contribution in [3.05, 3.63) is 24.0 Å². The lowest BCUT2D eigenvalue weighted by molar-refractivity contribution is 0.330. The predicted molar refractivity (Wildman–Crippen MR) is 79.8 cm³/mol. The molecule has 98 valence electrons. The van der Waals surface area contributed by atoms with Crippen molar-refractivity contribution in [1.82, 2.24) is 4.98 Å². The highest BCUT2D eigenvalue weighted by molar-refractivity contribution is 7.80. The molecule has 4 heteroatoms. The highest BCUT2D eigenvalue weighted by atomic mass is 32.1. The summed E-state index contributed by atoms with van der Waals surface area (Å²) >= 11 is 4.89. The highest BCUT2D eigenvalue weighted by Crippen LogP contribution is 2.28. The number of nitrogens with zero attached hydrogens (tertiary/aromatic N) is 1. The number of hydrogen-bond donors (Lipinski definition) is 2. The minimum absolute atomic E-state index is 0.352. The normalized spacial score (nSPS) is 23.6. The molecule has 1 saturated carbocycles. The van der Waals surface area contributed by atoms with Crippen molar-refractivity contribution in [1.29, 1.82) is 0 Å². The second kappa shape index (κ2) is 6.14. The second-order valence-corrected chi connectivity index (χ2v) is 5.51. The summed E-state index contributed by atoms with van der Waals surface area (Å²) in [6, 6.07) is 4.47. The summed E-state index contributed by atoms with van der Waals surface area (Å²) in [4.78, 5) is 4.60. The molecule has 3 N–H and O–H groups in total. The number of hydrogen-bond acceptors (Lipinski definition) is 3. The number of thiocarbonyl (C=S) groups is 1. The number of anilines is 1. The minimum atomic E-state index is 0.352. The number of nitrogens with two attached hydrogens (primary N) is 1. The van der Waals surface area contributed by atoms with Gasteiger partial charge in [0.2, 0.25) is 0 Å². The zero-order chi connectivity index (χ0) is 13.0. The summed E-state index contributed by atoms with van der Waals surface area (Å²) in [5.74, 6) is 0.929. The van der Waals surface area contributed by atoms with Crippen LogP contribution in [0.2, 0.25) is 0 Å². The fourth-order valence-electron chi connectivity index (χ4n) is 2.58. The van der Waals surface area contributed by atoms with Crippen LogP contribution in [-0.4, -0.2) is 16.0 Å². The van der Waals surface area contributed by atoms with Gasteiger partial charge in [0.1, 0.15) is 4.99 Å². The molecule has 0 spiro atoms. The molecule has 0 radical (unpaired) electrons. The summed E-state index contributed by atoms with van der Waals surface area (Å²) in [5, 5.41) is 3.55. The lowest BCUT2D eigenvalue weighted by atomic mass is 9.84. The van der Waals surface area contributed by atoms with Gasteiger partial charge in [-0.25, -0.2) is 0 Å². The predicted octanol–water partition coefficient (Wildman–Crippen LogP) is 3.10. The Kier molecular flexibility index (Phi) is 4.53. The van der Waals surface area contributed by atoms with E-state index in [0.29, 0.717) is 16.7 Å². The summed E-state index contributed by atoms with van der Waals surface area (Å²) < 4.78 is 0.